The van der Waals surface area contributed by atoms with Crippen LogP contribution < -0.4 is 4.90 Å². The number of benzene rings is 1. The molecule has 0 atom stereocenters. The second-order valence-corrected chi connectivity index (χ2v) is 7.03. The number of hydrogen-bond acceptors (Lipinski definition) is 1. The molecule has 0 unspecified atom stereocenters. The molecule has 0 fully saturated rings. The van der Waals surface area contributed by atoms with E-state index in [2.05, 4.69) is 62.7 Å². The van der Waals surface area contributed by atoms with Gasteiger partial charge in [-0.1, -0.05) is 83.0 Å². The molecule has 0 saturated carbocycles. The molecule has 0 saturated heterocycles. The van der Waals surface area contributed by atoms with Crippen LogP contribution in [-0.2, 0) is 0 Å². The molecule has 0 aliphatic carbocycles. The van der Waals surface area contributed by atoms with Gasteiger partial charge in [0.2, 0.25) is 0 Å². The Kier molecular flexibility index (Phi) is 7.31. The van der Waals surface area contributed by atoms with Crippen molar-refractivity contribution in [2.24, 2.45) is 0 Å². The monoisotopic (exact) mass is 335 g/mol. The van der Waals surface area contributed by atoms with E-state index in [4.69, 9.17) is 0 Å². The molecular formula is C24H33N. The number of nitrogens with zero attached hydrogens (tertiary/aromatic N) is 1. The van der Waals surface area contributed by atoms with Gasteiger partial charge in [0.15, 0.2) is 0 Å². The quantitative estimate of drug-likeness (QED) is 0.320. The number of allylic oxidation sites excluding steroid dienone is 3. The van der Waals surface area contributed by atoms with Crippen molar-refractivity contribution < 1.29 is 0 Å². The van der Waals surface area contributed by atoms with Crippen LogP contribution in [0, 0.1) is 0 Å². The van der Waals surface area contributed by atoms with E-state index in [-0.39, 0.29) is 0 Å². The van der Waals surface area contributed by atoms with Gasteiger partial charge in [-0.15, -0.1) is 0 Å². The molecule has 25 heavy (non-hydrogen) atoms. The highest BCUT2D eigenvalue weighted by Crippen LogP contribution is 2.41. The molecular weight excluding hydrogens is 302 g/mol. The summed E-state index contributed by atoms with van der Waals surface area (Å²) >= 11 is 0. The van der Waals surface area contributed by atoms with Crippen LogP contribution in [0.15, 0.2) is 66.9 Å². The fourth-order valence-electron chi connectivity index (χ4n) is 3.53. The van der Waals surface area contributed by atoms with Gasteiger partial charge in [-0.3, -0.25) is 0 Å². The highest BCUT2D eigenvalue weighted by Gasteiger charge is 2.25. The molecule has 1 heteroatoms. The standard InChI is InChI=1S/C24H33N/c1-6-8-9-10-11-12-16-23-21(5)20(4)22-15-13-14-17-24(22)25(23)18-19(3)7-2/h7,13-15,17H,2-4,6,8-12,16,18H2,1,5H3. The molecule has 0 amide bonds. The molecule has 1 aliphatic rings. The molecule has 0 radical (unpaired) electrons. The molecule has 1 aliphatic heterocycles. The largest absolute Gasteiger partial charge is 0.340 e. The molecule has 0 aromatic heterocycles. The Labute approximate surface area is 154 Å². The van der Waals surface area contributed by atoms with Crippen LogP contribution in [0.25, 0.3) is 5.57 Å². The third-order valence-electron chi connectivity index (χ3n) is 5.15. The zero-order valence-corrected chi connectivity index (χ0v) is 16.1. The maximum Gasteiger partial charge on any atom is 0.0491 e. The summed E-state index contributed by atoms with van der Waals surface area (Å²) in [5.74, 6) is 0. The first-order chi connectivity index (χ1) is 12.1. The Hall–Kier alpha value is -2.02. The van der Waals surface area contributed by atoms with Gasteiger partial charge in [0, 0.05) is 23.5 Å². The second-order valence-electron chi connectivity index (χ2n) is 7.03. The number of hydrogen-bond donors (Lipinski definition) is 0. The third kappa shape index (κ3) is 4.75. The van der Waals surface area contributed by atoms with Crippen molar-refractivity contribution >= 4 is 11.3 Å². The lowest BCUT2D eigenvalue weighted by atomic mass is 9.90. The number of rotatable bonds is 10. The van der Waals surface area contributed by atoms with E-state index in [1.54, 1.807) is 0 Å². The molecule has 0 bridgehead atoms. The first-order valence-corrected chi connectivity index (χ1v) is 9.66. The summed E-state index contributed by atoms with van der Waals surface area (Å²) in [5, 5.41) is 0. The Bertz CT molecular complexity index is 662. The molecule has 0 N–H and O–H groups in total. The average Bonchev–Trinajstić information content (AvgIpc) is 2.64. The van der Waals surface area contributed by atoms with Crippen molar-refractivity contribution in [2.75, 3.05) is 11.4 Å². The maximum absolute atomic E-state index is 4.36. The normalized spacial score (nSPS) is 13.8. The van der Waals surface area contributed by atoms with Crippen molar-refractivity contribution in [2.45, 2.75) is 58.8 Å². The first-order valence-electron chi connectivity index (χ1n) is 9.66. The minimum Gasteiger partial charge on any atom is -0.340 e. The molecule has 134 valence electrons. The van der Waals surface area contributed by atoms with Crippen LogP contribution in [-0.4, -0.2) is 6.54 Å². The predicted molar refractivity (Wildman–Crippen MR) is 113 cm³/mol. The molecule has 2 rings (SSSR count). The molecule has 1 aromatic carbocycles. The van der Waals surface area contributed by atoms with E-state index in [0.29, 0.717) is 0 Å². The van der Waals surface area contributed by atoms with Gasteiger partial charge in [-0.05, 0) is 42.6 Å². The topological polar surface area (TPSA) is 3.24 Å². The maximum atomic E-state index is 4.36. The fraction of sp³-hybridized carbons (Fsp3) is 0.417. The summed E-state index contributed by atoms with van der Waals surface area (Å²) in [4.78, 5) is 2.43. The zero-order chi connectivity index (χ0) is 18.2. The summed E-state index contributed by atoms with van der Waals surface area (Å²) in [6.07, 6.45) is 10.9. The lowest BCUT2D eigenvalue weighted by Crippen LogP contribution is -2.29. The predicted octanol–water partition coefficient (Wildman–Crippen LogP) is 7.29. The summed E-state index contributed by atoms with van der Waals surface area (Å²) in [5.41, 5.74) is 7.43. The molecule has 1 aromatic rings. The van der Waals surface area contributed by atoms with Crippen molar-refractivity contribution in [1.82, 2.24) is 0 Å². The molecule has 1 nitrogen and oxygen atoms in total. The Morgan fingerprint density at radius 3 is 2.48 bits per heavy atom. The number of anilines is 1. The lowest BCUT2D eigenvalue weighted by molar-refractivity contribution is 0.601. The fourth-order valence-corrected chi connectivity index (χ4v) is 3.53. The highest BCUT2D eigenvalue weighted by molar-refractivity contribution is 5.89. The van der Waals surface area contributed by atoms with E-state index in [1.807, 2.05) is 6.08 Å². The van der Waals surface area contributed by atoms with Gasteiger partial charge >= 0.3 is 0 Å². The van der Waals surface area contributed by atoms with E-state index < -0.39 is 0 Å². The number of para-hydroxylation sites is 1. The van der Waals surface area contributed by atoms with Crippen LogP contribution in [0.3, 0.4) is 0 Å². The van der Waals surface area contributed by atoms with E-state index >= 15 is 0 Å². The van der Waals surface area contributed by atoms with Crippen LogP contribution in [0.4, 0.5) is 5.69 Å². The lowest BCUT2D eigenvalue weighted by Gasteiger charge is -2.36. The Balaban J connectivity index is 2.18. The van der Waals surface area contributed by atoms with Gasteiger partial charge < -0.3 is 4.90 Å². The summed E-state index contributed by atoms with van der Waals surface area (Å²) in [7, 11) is 0. The van der Waals surface area contributed by atoms with Crippen LogP contribution in [0.2, 0.25) is 0 Å². The Morgan fingerprint density at radius 2 is 1.76 bits per heavy atom. The molecule has 0 spiro atoms. The minimum absolute atomic E-state index is 0.802. The minimum atomic E-state index is 0.802. The zero-order valence-electron chi connectivity index (χ0n) is 16.1. The number of unbranched alkanes of at least 4 members (excludes halogenated alkanes) is 5. The van der Waals surface area contributed by atoms with E-state index in [0.717, 1.165) is 24.1 Å². The van der Waals surface area contributed by atoms with Gasteiger partial charge in [-0.2, -0.15) is 0 Å². The van der Waals surface area contributed by atoms with Crippen molar-refractivity contribution in [3.8, 4) is 0 Å². The average molecular weight is 336 g/mol. The van der Waals surface area contributed by atoms with Crippen LogP contribution >= 0.6 is 0 Å². The first kappa shape index (κ1) is 19.3. The van der Waals surface area contributed by atoms with E-state index in [1.165, 1.54) is 61.0 Å². The van der Waals surface area contributed by atoms with Crippen molar-refractivity contribution in [1.29, 1.82) is 0 Å². The van der Waals surface area contributed by atoms with Crippen molar-refractivity contribution in [3.63, 3.8) is 0 Å². The number of fused-ring (bicyclic) bond motifs is 1. The Morgan fingerprint density at radius 1 is 1.08 bits per heavy atom. The SMILES string of the molecule is C=CC(=C)CN1C(CCCCCCCC)=C(C)C(=C)c2ccccc21. The summed E-state index contributed by atoms with van der Waals surface area (Å²) in [6, 6.07) is 8.58. The third-order valence-corrected chi connectivity index (χ3v) is 5.15. The summed E-state index contributed by atoms with van der Waals surface area (Å²) < 4.78 is 0. The summed E-state index contributed by atoms with van der Waals surface area (Å²) in [6.45, 7) is 17.7. The molecule has 1 heterocycles. The smallest absolute Gasteiger partial charge is 0.0491 e. The van der Waals surface area contributed by atoms with Crippen LogP contribution in [0.5, 0.6) is 0 Å². The van der Waals surface area contributed by atoms with Gasteiger partial charge in [0.1, 0.15) is 0 Å². The van der Waals surface area contributed by atoms with Gasteiger partial charge in [-0.25, -0.2) is 0 Å². The van der Waals surface area contributed by atoms with Crippen molar-refractivity contribution in [3.05, 3.63) is 72.5 Å². The highest BCUT2D eigenvalue weighted by atomic mass is 15.2. The van der Waals surface area contributed by atoms with Gasteiger partial charge in [0.25, 0.3) is 0 Å². The second kappa shape index (κ2) is 9.46. The van der Waals surface area contributed by atoms with Crippen LogP contribution in [0.1, 0.15) is 64.4 Å². The van der Waals surface area contributed by atoms with E-state index in [9.17, 15) is 0 Å². The van der Waals surface area contributed by atoms with Gasteiger partial charge in [0.05, 0.1) is 0 Å².